The molecule has 1 aromatic carbocycles. The van der Waals surface area contributed by atoms with Gasteiger partial charge in [-0.1, -0.05) is 32.0 Å². The molecule has 158 valence electrons. The standard InChI is InChI=1S/C23H21F2N5O/c1-14(2)12-30-13-20(21(29-30)22(24)25)28-23(31)17-10-19(15-6-5-9-26-11-15)27-18-8-4-3-7-16(17)18/h3-11,13-14,22H,12H2,1-2H3,(H,28,31). The number of halogens is 2. The van der Waals surface area contributed by atoms with E-state index in [1.165, 1.54) is 10.9 Å². The lowest BCUT2D eigenvalue weighted by Gasteiger charge is -2.10. The Morgan fingerprint density at radius 1 is 1.16 bits per heavy atom. The van der Waals surface area contributed by atoms with Crippen LogP contribution in [0.15, 0.2) is 61.1 Å². The average molecular weight is 421 g/mol. The molecule has 4 aromatic rings. The van der Waals surface area contributed by atoms with E-state index in [9.17, 15) is 13.6 Å². The first-order valence-corrected chi connectivity index (χ1v) is 9.89. The Morgan fingerprint density at radius 2 is 1.97 bits per heavy atom. The number of benzene rings is 1. The zero-order valence-corrected chi connectivity index (χ0v) is 17.1. The molecular formula is C23H21F2N5O. The quantitative estimate of drug-likeness (QED) is 0.456. The van der Waals surface area contributed by atoms with Crippen LogP contribution in [0.5, 0.6) is 0 Å². The number of hydrogen-bond donors (Lipinski definition) is 1. The van der Waals surface area contributed by atoms with Gasteiger partial charge in [-0.2, -0.15) is 5.10 Å². The van der Waals surface area contributed by atoms with E-state index in [-0.39, 0.29) is 11.6 Å². The van der Waals surface area contributed by atoms with Crippen molar-refractivity contribution in [1.29, 1.82) is 0 Å². The highest BCUT2D eigenvalue weighted by atomic mass is 19.3. The molecule has 3 heterocycles. The summed E-state index contributed by atoms with van der Waals surface area (Å²) in [6, 6.07) is 12.5. The van der Waals surface area contributed by atoms with Crippen molar-refractivity contribution in [2.24, 2.45) is 5.92 Å². The van der Waals surface area contributed by atoms with E-state index in [1.54, 1.807) is 42.7 Å². The topological polar surface area (TPSA) is 72.7 Å². The summed E-state index contributed by atoms with van der Waals surface area (Å²) in [5.74, 6) is -0.283. The van der Waals surface area contributed by atoms with Crippen LogP contribution >= 0.6 is 0 Å². The normalized spacial score (nSPS) is 11.4. The van der Waals surface area contributed by atoms with Gasteiger partial charge in [-0.3, -0.25) is 14.5 Å². The van der Waals surface area contributed by atoms with Gasteiger partial charge in [0.25, 0.3) is 12.3 Å². The van der Waals surface area contributed by atoms with Crippen LogP contribution in [0.2, 0.25) is 0 Å². The van der Waals surface area contributed by atoms with Crippen LogP contribution in [0.1, 0.15) is 36.3 Å². The lowest BCUT2D eigenvalue weighted by atomic mass is 10.0. The Balaban J connectivity index is 1.75. The lowest BCUT2D eigenvalue weighted by Crippen LogP contribution is -2.14. The molecule has 0 spiro atoms. The van der Waals surface area contributed by atoms with Crippen molar-refractivity contribution < 1.29 is 13.6 Å². The van der Waals surface area contributed by atoms with E-state index >= 15 is 0 Å². The Morgan fingerprint density at radius 3 is 2.68 bits per heavy atom. The van der Waals surface area contributed by atoms with E-state index < -0.39 is 18.0 Å². The smallest absolute Gasteiger partial charge is 0.284 e. The monoisotopic (exact) mass is 421 g/mol. The number of hydrogen-bond acceptors (Lipinski definition) is 4. The van der Waals surface area contributed by atoms with Crippen molar-refractivity contribution in [3.05, 3.63) is 72.3 Å². The molecule has 3 aromatic heterocycles. The number of aromatic nitrogens is 4. The average Bonchev–Trinajstić information content (AvgIpc) is 3.15. The van der Waals surface area contributed by atoms with Crippen LogP contribution in [-0.2, 0) is 6.54 Å². The highest BCUT2D eigenvalue weighted by Gasteiger charge is 2.22. The molecule has 0 bridgehead atoms. The second-order valence-corrected chi connectivity index (χ2v) is 7.61. The van der Waals surface area contributed by atoms with Crippen LogP contribution in [-0.4, -0.2) is 25.7 Å². The van der Waals surface area contributed by atoms with Crippen LogP contribution < -0.4 is 5.32 Å². The Labute approximate surface area is 178 Å². The summed E-state index contributed by atoms with van der Waals surface area (Å²) in [4.78, 5) is 21.9. The van der Waals surface area contributed by atoms with Gasteiger partial charge in [0.15, 0.2) is 5.69 Å². The third kappa shape index (κ3) is 4.42. The molecule has 0 saturated carbocycles. The summed E-state index contributed by atoms with van der Waals surface area (Å²) >= 11 is 0. The fraction of sp³-hybridized carbons (Fsp3) is 0.217. The third-order valence-electron chi connectivity index (χ3n) is 4.72. The van der Waals surface area contributed by atoms with Crippen molar-refractivity contribution in [1.82, 2.24) is 19.7 Å². The number of rotatable bonds is 6. The summed E-state index contributed by atoms with van der Waals surface area (Å²) in [6.45, 7) is 4.40. The number of alkyl halides is 2. The zero-order chi connectivity index (χ0) is 22.0. The molecule has 0 atom stereocenters. The van der Waals surface area contributed by atoms with Crippen molar-refractivity contribution in [3.63, 3.8) is 0 Å². The first kappa shape index (κ1) is 20.6. The molecule has 4 rings (SSSR count). The van der Waals surface area contributed by atoms with E-state index in [1.807, 2.05) is 26.0 Å². The highest BCUT2D eigenvalue weighted by molar-refractivity contribution is 6.13. The van der Waals surface area contributed by atoms with Crippen LogP contribution in [0.25, 0.3) is 22.2 Å². The highest BCUT2D eigenvalue weighted by Crippen LogP contribution is 2.29. The Hall–Kier alpha value is -3.68. The van der Waals surface area contributed by atoms with Gasteiger partial charge in [0.2, 0.25) is 0 Å². The number of carbonyl (C=O) groups is 1. The summed E-state index contributed by atoms with van der Waals surface area (Å²) in [5, 5.41) is 7.21. The number of amides is 1. The molecule has 1 N–H and O–H groups in total. The predicted octanol–water partition coefficient (Wildman–Crippen LogP) is 5.34. The lowest BCUT2D eigenvalue weighted by molar-refractivity contribution is 0.102. The molecule has 8 heteroatoms. The van der Waals surface area contributed by atoms with E-state index in [0.717, 1.165) is 5.56 Å². The first-order valence-electron chi connectivity index (χ1n) is 9.89. The van der Waals surface area contributed by atoms with Crippen molar-refractivity contribution in [2.45, 2.75) is 26.8 Å². The molecule has 0 radical (unpaired) electrons. The van der Waals surface area contributed by atoms with E-state index in [2.05, 4.69) is 20.4 Å². The number of fused-ring (bicyclic) bond motifs is 1. The van der Waals surface area contributed by atoms with Crippen molar-refractivity contribution in [2.75, 3.05) is 5.32 Å². The number of pyridine rings is 2. The van der Waals surface area contributed by atoms with Gasteiger partial charge < -0.3 is 5.32 Å². The summed E-state index contributed by atoms with van der Waals surface area (Å²) < 4.78 is 28.5. The number of anilines is 1. The molecule has 0 fully saturated rings. The van der Waals surface area contributed by atoms with Crippen molar-refractivity contribution >= 4 is 22.5 Å². The van der Waals surface area contributed by atoms with Crippen LogP contribution in [0.4, 0.5) is 14.5 Å². The molecule has 0 aliphatic rings. The van der Waals surface area contributed by atoms with Gasteiger partial charge in [-0.15, -0.1) is 0 Å². The second-order valence-electron chi connectivity index (χ2n) is 7.61. The van der Waals surface area contributed by atoms with E-state index in [4.69, 9.17) is 0 Å². The zero-order valence-electron chi connectivity index (χ0n) is 17.1. The number of nitrogens with zero attached hydrogens (tertiary/aromatic N) is 4. The second kappa shape index (κ2) is 8.59. The summed E-state index contributed by atoms with van der Waals surface area (Å²) in [5.41, 5.74) is 1.84. The Bertz CT molecular complexity index is 1220. The van der Waals surface area contributed by atoms with Crippen LogP contribution in [0.3, 0.4) is 0 Å². The molecule has 6 nitrogen and oxygen atoms in total. The maximum absolute atomic E-state index is 13.5. The van der Waals surface area contributed by atoms with Crippen LogP contribution in [0, 0.1) is 5.92 Å². The molecule has 0 aliphatic heterocycles. The number of carbonyl (C=O) groups excluding carboxylic acids is 1. The molecule has 1 amide bonds. The molecule has 31 heavy (non-hydrogen) atoms. The maximum atomic E-state index is 13.5. The summed E-state index contributed by atoms with van der Waals surface area (Å²) in [7, 11) is 0. The predicted molar refractivity (Wildman–Crippen MR) is 115 cm³/mol. The minimum atomic E-state index is -2.80. The van der Waals surface area contributed by atoms with Gasteiger partial charge in [-0.05, 0) is 30.2 Å². The van der Waals surface area contributed by atoms with Gasteiger partial charge >= 0.3 is 0 Å². The van der Waals surface area contributed by atoms with Crippen molar-refractivity contribution in [3.8, 4) is 11.3 Å². The molecule has 0 aliphatic carbocycles. The first-order chi connectivity index (χ1) is 14.9. The van der Waals surface area contributed by atoms with Gasteiger partial charge in [0.05, 0.1) is 22.5 Å². The SMILES string of the molecule is CC(C)Cn1cc(NC(=O)c2cc(-c3cccnc3)nc3ccccc23)c(C(F)F)n1. The van der Waals surface area contributed by atoms with Gasteiger partial charge in [0, 0.05) is 36.1 Å². The number of nitrogens with one attached hydrogen (secondary N) is 1. The van der Waals surface area contributed by atoms with E-state index in [0.29, 0.717) is 28.7 Å². The van der Waals surface area contributed by atoms with Gasteiger partial charge in [0.1, 0.15) is 0 Å². The fourth-order valence-electron chi connectivity index (χ4n) is 3.38. The fourth-order valence-corrected chi connectivity index (χ4v) is 3.38. The maximum Gasteiger partial charge on any atom is 0.284 e. The third-order valence-corrected chi connectivity index (χ3v) is 4.72. The molecular weight excluding hydrogens is 400 g/mol. The molecule has 0 saturated heterocycles. The Kier molecular flexibility index (Phi) is 5.70. The largest absolute Gasteiger partial charge is 0.319 e. The minimum Gasteiger partial charge on any atom is -0.319 e. The number of para-hydroxylation sites is 1. The summed E-state index contributed by atoms with van der Waals surface area (Å²) in [6.07, 6.45) is 1.96. The van der Waals surface area contributed by atoms with Gasteiger partial charge in [-0.25, -0.2) is 13.8 Å². The minimum absolute atomic E-state index is 0.00414. The molecule has 0 unspecified atom stereocenters.